The number of carbonyl (C=O) groups excluding carboxylic acids is 1. The highest BCUT2D eigenvalue weighted by molar-refractivity contribution is 7.09. The molecule has 0 fully saturated rings. The lowest BCUT2D eigenvalue weighted by Gasteiger charge is -2.34. The third-order valence-electron chi connectivity index (χ3n) is 3.42. The number of aromatic nitrogens is 1. The minimum absolute atomic E-state index is 0.0164. The molecule has 0 saturated heterocycles. The SMILES string of the molecule is CCCN([B]C=O)[C@@H](C[C@H](O)c1nc(C(=O)O)cs1)C(C)C. The normalized spacial score (nSPS) is 14.1. The van der Waals surface area contributed by atoms with Crippen LogP contribution in [0.15, 0.2) is 5.38 Å². The number of hydrogen-bond acceptors (Lipinski definition) is 6. The molecular formula is C14H22BN2O4S. The van der Waals surface area contributed by atoms with Gasteiger partial charge in [0.15, 0.2) is 5.69 Å². The highest BCUT2D eigenvalue weighted by atomic mass is 32.1. The highest BCUT2D eigenvalue weighted by Crippen LogP contribution is 2.27. The Bertz CT molecular complexity index is 495. The van der Waals surface area contributed by atoms with E-state index in [0.29, 0.717) is 11.4 Å². The van der Waals surface area contributed by atoms with Crippen molar-refractivity contribution in [3.05, 3.63) is 16.1 Å². The molecule has 1 radical (unpaired) electrons. The summed E-state index contributed by atoms with van der Waals surface area (Å²) in [5.74, 6) is -0.867. The lowest BCUT2D eigenvalue weighted by atomic mass is 9.85. The van der Waals surface area contributed by atoms with Crippen LogP contribution >= 0.6 is 11.3 Å². The van der Waals surface area contributed by atoms with Crippen LogP contribution in [0.4, 0.5) is 0 Å². The monoisotopic (exact) mass is 325 g/mol. The summed E-state index contributed by atoms with van der Waals surface area (Å²) in [6.07, 6.45) is 1.20. The van der Waals surface area contributed by atoms with Gasteiger partial charge in [-0.3, -0.25) is 0 Å². The van der Waals surface area contributed by atoms with Crippen molar-refractivity contribution in [3.8, 4) is 0 Å². The van der Waals surface area contributed by atoms with E-state index >= 15 is 0 Å². The van der Waals surface area contributed by atoms with E-state index in [1.807, 2.05) is 25.6 Å². The molecule has 22 heavy (non-hydrogen) atoms. The maximum atomic E-state index is 10.9. The Morgan fingerprint density at radius 2 is 2.23 bits per heavy atom. The number of aromatic carboxylic acids is 1. The van der Waals surface area contributed by atoms with Crippen molar-refractivity contribution in [2.24, 2.45) is 5.92 Å². The van der Waals surface area contributed by atoms with Crippen molar-refractivity contribution in [1.82, 2.24) is 9.79 Å². The molecule has 0 aromatic carbocycles. The van der Waals surface area contributed by atoms with Crippen molar-refractivity contribution < 1.29 is 19.8 Å². The zero-order chi connectivity index (χ0) is 16.7. The van der Waals surface area contributed by atoms with Gasteiger partial charge in [0.25, 0.3) is 7.41 Å². The minimum atomic E-state index is -1.10. The molecule has 0 amide bonds. The zero-order valence-corrected chi connectivity index (χ0v) is 13.9. The van der Waals surface area contributed by atoms with E-state index in [2.05, 4.69) is 4.98 Å². The van der Waals surface area contributed by atoms with Gasteiger partial charge < -0.3 is 19.8 Å². The van der Waals surface area contributed by atoms with E-state index in [9.17, 15) is 14.7 Å². The van der Waals surface area contributed by atoms with Crippen molar-refractivity contribution >= 4 is 30.9 Å². The van der Waals surface area contributed by atoms with E-state index in [4.69, 9.17) is 5.11 Å². The summed E-state index contributed by atoms with van der Waals surface area (Å²) in [5.41, 5.74) is -0.0509. The molecule has 1 rings (SSSR count). The molecule has 0 saturated carbocycles. The Hall–Kier alpha value is -1.25. The standard InChI is InChI=1S/C14H22BN2O4S/c1-4-5-17(15-8-18)11(9(2)3)6-12(19)13-16-10(7-22-13)14(20)21/h7-9,11-12,19H,4-6H2,1-3H3,(H,20,21)/t11-,12-/m0/s1. The van der Waals surface area contributed by atoms with Crippen molar-refractivity contribution in [3.63, 3.8) is 0 Å². The fourth-order valence-electron chi connectivity index (χ4n) is 2.35. The summed E-state index contributed by atoms with van der Waals surface area (Å²) < 4.78 is 0. The number of thiazole rings is 1. The van der Waals surface area contributed by atoms with Crippen LogP contribution in [0.25, 0.3) is 0 Å². The first-order chi connectivity index (χ1) is 10.4. The lowest BCUT2D eigenvalue weighted by Crippen LogP contribution is -2.43. The Morgan fingerprint density at radius 1 is 1.55 bits per heavy atom. The molecule has 6 nitrogen and oxygen atoms in total. The maximum Gasteiger partial charge on any atom is 0.355 e. The molecule has 2 N–H and O–H groups in total. The first-order valence-corrected chi connectivity index (χ1v) is 8.19. The predicted octanol–water partition coefficient (Wildman–Crippen LogP) is 1.81. The molecule has 0 aliphatic heterocycles. The van der Waals surface area contributed by atoms with Gasteiger partial charge in [-0.05, 0) is 25.3 Å². The summed E-state index contributed by atoms with van der Waals surface area (Å²) in [5, 5.41) is 21.1. The van der Waals surface area contributed by atoms with Crippen LogP contribution in [0.5, 0.6) is 0 Å². The van der Waals surface area contributed by atoms with E-state index in [1.54, 1.807) is 0 Å². The fourth-order valence-corrected chi connectivity index (χ4v) is 3.14. The molecule has 0 aliphatic carbocycles. The number of carboxylic acids is 1. The summed E-state index contributed by atoms with van der Waals surface area (Å²) in [6.45, 7) is 6.82. The van der Waals surface area contributed by atoms with E-state index < -0.39 is 12.1 Å². The predicted molar refractivity (Wildman–Crippen MR) is 86.8 cm³/mol. The van der Waals surface area contributed by atoms with Crippen molar-refractivity contribution in [1.29, 1.82) is 0 Å². The molecule has 1 heterocycles. The third-order valence-corrected chi connectivity index (χ3v) is 4.37. The number of nitrogens with zero attached hydrogens (tertiary/aromatic N) is 2. The van der Waals surface area contributed by atoms with Gasteiger partial charge in [-0.1, -0.05) is 20.8 Å². The summed E-state index contributed by atoms with van der Waals surface area (Å²) in [6, 6.07) is -0.0164. The first-order valence-electron chi connectivity index (χ1n) is 7.31. The molecule has 0 spiro atoms. The second-order valence-electron chi connectivity index (χ2n) is 5.46. The number of carbonyl (C=O) groups is 2. The molecule has 2 atom stereocenters. The second kappa shape index (κ2) is 9.02. The number of carboxylic acid groups (broad SMARTS) is 1. The molecular weight excluding hydrogens is 303 g/mol. The lowest BCUT2D eigenvalue weighted by molar-refractivity contribution is 0.0690. The highest BCUT2D eigenvalue weighted by Gasteiger charge is 2.26. The molecule has 1 aromatic rings. The largest absolute Gasteiger partial charge is 0.476 e. The summed E-state index contributed by atoms with van der Waals surface area (Å²) in [4.78, 5) is 27.6. The van der Waals surface area contributed by atoms with E-state index in [-0.39, 0.29) is 17.7 Å². The van der Waals surface area contributed by atoms with Crippen LogP contribution in [0, 0.1) is 5.92 Å². The number of aliphatic hydroxyl groups is 1. The molecule has 121 valence electrons. The molecule has 0 unspecified atom stereocenters. The molecule has 0 aliphatic rings. The minimum Gasteiger partial charge on any atom is -0.476 e. The fraction of sp³-hybridized carbons (Fsp3) is 0.643. The zero-order valence-electron chi connectivity index (χ0n) is 13.1. The molecule has 1 aromatic heterocycles. The number of hydrogen-bond donors (Lipinski definition) is 2. The van der Waals surface area contributed by atoms with Crippen LogP contribution in [-0.2, 0) is 4.79 Å². The summed E-state index contributed by atoms with van der Waals surface area (Å²) in [7, 11) is 1.51. The van der Waals surface area contributed by atoms with Crippen LogP contribution in [0.2, 0.25) is 0 Å². The quantitative estimate of drug-likeness (QED) is 0.504. The van der Waals surface area contributed by atoms with Gasteiger partial charge in [0, 0.05) is 11.4 Å². The topological polar surface area (TPSA) is 90.7 Å². The van der Waals surface area contributed by atoms with Gasteiger partial charge in [0.05, 0.1) is 6.19 Å². The van der Waals surface area contributed by atoms with Crippen molar-refractivity contribution in [2.75, 3.05) is 6.54 Å². The van der Waals surface area contributed by atoms with E-state index in [1.165, 1.54) is 12.8 Å². The molecule has 0 bridgehead atoms. The third kappa shape index (κ3) is 5.19. The Kier molecular flexibility index (Phi) is 7.71. The van der Waals surface area contributed by atoms with Gasteiger partial charge in [0.1, 0.15) is 11.1 Å². The van der Waals surface area contributed by atoms with Crippen LogP contribution < -0.4 is 0 Å². The smallest absolute Gasteiger partial charge is 0.355 e. The van der Waals surface area contributed by atoms with Gasteiger partial charge in [-0.2, -0.15) is 0 Å². The Labute approximate surface area is 135 Å². The number of rotatable bonds is 10. The van der Waals surface area contributed by atoms with Gasteiger partial charge in [-0.25, -0.2) is 9.78 Å². The van der Waals surface area contributed by atoms with Crippen LogP contribution in [0.1, 0.15) is 55.2 Å². The Morgan fingerprint density at radius 3 is 2.68 bits per heavy atom. The van der Waals surface area contributed by atoms with Crippen molar-refractivity contribution in [2.45, 2.75) is 45.8 Å². The van der Waals surface area contributed by atoms with Gasteiger partial charge in [0.2, 0.25) is 0 Å². The average molecular weight is 325 g/mol. The number of aliphatic hydroxyl groups excluding tert-OH is 1. The Balaban J connectivity index is 2.83. The van der Waals surface area contributed by atoms with Crippen LogP contribution in [0.3, 0.4) is 0 Å². The summed E-state index contributed by atoms with van der Waals surface area (Å²) >= 11 is 1.14. The maximum absolute atomic E-state index is 10.9. The van der Waals surface area contributed by atoms with Gasteiger partial charge >= 0.3 is 5.97 Å². The first kappa shape index (κ1) is 18.8. The van der Waals surface area contributed by atoms with Gasteiger partial charge in [-0.15, -0.1) is 11.3 Å². The van der Waals surface area contributed by atoms with E-state index in [0.717, 1.165) is 30.5 Å². The average Bonchev–Trinajstić information content (AvgIpc) is 2.94. The van der Waals surface area contributed by atoms with Crippen LogP contribution in [-0.4, -0.2) is 52.2 Å². The molecule has 8 heteroatoms. The second-order valence-corrected chi connectivity index (χ2v) is 6.35.